The SMILES string of the molecule is CCOC(=O)c1ccc(C2(c3ccc(OCc4ccccn4)cc3)CC2)cc1. The molecule has 4 heteroatoms. The van der Waals surface area contributed by atoms with Crippen LogP contribution in [0.5, 0.6) is 5.75 Å². The largest absolute Gasteiger partial charge is 0.487 e. The van der Waals surface area contributed by atoms with Gasteiger partial charge in [-0.3, -0.25) is 4.98 Å². The molecule has 0 saturated heterocycles. The van der Waals surface area contributed by atoms with E-state index in [4.69, 9.17) is 9.47 Å². The zero-order chi connectivity index (χ0) is 19.4. The van der Waals surface area contributed by atoms with Crippen molar-refractivity contribution in [3.05, 3.63) is 95.3 Å². The molecule has 0 N–H and O–H groups in total. The highest BCUT2D eigenvalue weighted by Gasteiger charge is 2.45. The van der Waals surface area contributed by atoms with Crippen LogP contribution in [0.4, 0.5) is 0 Å². The van der Waals surface area contributed by atoms with Gasteiger partial charge in [-0.15, -0.1) is 0 Å². The zero-order valence-electron chi connectivity index (χ0n) is 15.9. The average molecular weight is 373 g/mol. The molecule has 0 atom stereocenters. The highest BCUT2D eigenvalue weighted by molar-refractivity contribution is 5.89. The first-order valence-corrected chi connectivity index (χ1v) is 9.62. The molecule has 3 aromatic rings. The highest BCUT2D eigenvalue weighted by Crippen LogP contribution is 2.53. The molecule has 0 amide bonds. The van der Waals surface area contributed by atoms with Crippen LogP contribution in [0.1, 0.15) is 46.9 Å². The Bertz CT molecular complexity index is 930. The van der Waals surface area contributed by atoms with E-state index in [2.05, 4.69) is 17.1 Å². The first-order chi connectivity index (χ1) is 13.7. The van der Waals surface area contributed by atoms with Crippen LogP contribution in [0.15, 0.2) is 72.9 Å². The number of hydrogen-bond acceptors (Lipinski definition) is 4. The van der Waals surface area contributed by atoms with E-state index in [1.54, 1.807) is 6.20 Å². The van der Waals surface area contributed by atoms with Crippen LogP contribution in [0.25, 0.3) is 0 Å². The van der Waals surface area contributed by atoms with E-state index in [1.165, 1.54) is 11.1 Å². The van der Waals surface area contributed by atoms with Gasteiger partial charge in [0.25, 0.3) is 0 Å². The maximum Gasteiger partial charge on any atom is 0.338 e. The van der Waals surface area contributed by atoms with Gasteiger partial charge in [-0.2, -0.15) is 0 Å². The molecule has 0 spiro atoms. The molecule has 1 heterocycles. The number of aromatic nitrogens is 1. The minimum absolute atomic E-state index is 0.0483. The van der Waals surface area contributed by atoms with Crippen LogP contribution in [0.3, 0.4) is 0 Å². The smallest absolute Gasteiger partial charge is 0.338 e. The Hall–Kier alpha value is -3.14. The number of nitrogens with zero attached hydrogens (tertiary/aromatic N) is 1. The summed E-state index contributed by atoms with van der Waals surface area (Å²) in [6.45, 7) is 2.66. The fourth-order valence-corrected chi connectivity index (χ4v) is 3.52. The number of esters is 1. The maximum absolute atomic E-state index is 11.9. The minimum Gasteiger partial charge on any atom is -0.487 e. The van der Waals surface area contributed by atoms with Crippen molar-refractivity contribution >= 4 is 5.97 Å². The number of carbonyl (C=O) groups is 1. The van der Waals surface area contributed by atoms with E-state index >= 15 is 0 Å². The third-order valence-electron chi connectivity index (χ3n) is 5.22. The normalized spacial score (nSPS) is 14.3. The number of carbonyl (C=O) groups excluding carboxylic acids is 1. The highest BCUT2D eigenvalue weighted by atomic mass is 16.5. The molecule has 0 aliphatic heterocycles. The van der Waals surface area contributed by atoms with Crippen molar-refractivity contribution < 1.29 is 14.3 Å². The van der Waals surface area contributed by atoms with Gasteiger partial charge in [0.05, 0.1) is 17.9 Å². The van der Waals surface area contributed by atoms with Crippen molar-refractivity contribution in [2.45, 2.75) is 31.8 Å². The summed E-state index contributed by atoms with van der Waals surface area (Å²) < 4.78 is 10.9. The Labute approximate surface area is 165 Å². The second kappa shape index (κ2) is 7.85. The second-order valence-corrected chi connectivity index (χ2v) is 7.01. The van der Waals surface area contributed by atoms with Gasteiger partial charge < -0.3 is 9.47 Å². The van der Waals surface area contributed by atoms with Crippen molar-refractivity contribution in [1.82, 2.24) is 4.98 Å². The quantitative estimate of drug-likeness (QED) is 0.552. The molecule has 1 aromatic heterocycles. The first kappa shape index (κ1) is 18.2. The summed E-state index contributed by atoms with van der Waals surface area (Å²) >= 11 is 0. The van der Waals surface area contributed by atoms with Crippen molar-refractivity contribution in [2.24, 2.45) is 0 Å². The molecule has 0 radical (unpaired) electrons. The predicted octanol–water partition coefficient (Wildman–Crippen LogP) is 4.92. The molecule has 4 rings (SSSR count). The molecule has 2 aromatic carbocycles. The van der Waals surface area contributed by atoms with Gasteiger partial charge in [0.15, 0.2) is 0 Å². The molecule has 142 valence electrons. The lowest BCUT2D eigenvalue weighted by atomic mass is 9.87. The Morgan fingerprint density at radius 1 is 0.964 bits per heavy atom. The summed E-state index contributed by atoms with van der Waals surface area (Å²) in [5.41, 5.74) is 4.07. The third-order valence-corrected chi connectivity index (χ3v) is 5.22. The molecule has 0 unspecified atom stereocenters. The van der Waals surface area contributed by atoms with Gasteiger partial charge in [-0.1, -0.05) is 30.3 Å². The Morgan fingerprint density at radius 2 is 1.64 bits per heavy atom. The van der Waals surface area contributed by atoms with Crippen molar-refractivity contribution in [1.29, 1.82) is 0 Å². The molecular weight excluding hydrogens is 350 g/mol. The van der Waals surface area contributed by atoms with Crippen LogP contribution in [0, 0.1) is 0 Å². The van der Waals surface area contributed by atoms with Crippen LogP contribution in [0.2, 0.25) is 0 Å². The summed E-state index contributed by atoms with van der Waals surface area (Å²) in [6.07, 6.45) is 3.99. The van der Waals surface area contributed by atoms with Gasteiger partial charge >= 0.3 is 5.97 Å². The zero-order valence-corrected chi connectivity index (χ0v) is 15.9. The van der Waals surface area contributed by atoms with E-state index in [0.29, 0.717) is 18.8 Å². The monoisotopic (exact) mass is 373 g/mol. The van der Waals surface area contributed by atoms with Crippen molar-refractivity contribution in [3.8, 4) is 5.75 Å². The van der Waals surface area contributed by atoms with E-state index in [9.17, 15) is 4.79 Å². The fraction of sp³-hybridized carbons (Fsp3) is 0.250. The lowest BCUT2D eigenvalue weighted by molar-refractivity contribution is 0.0526. The van der Waals surface area contributed by atoms with Crippen LogP contribution in [-0.4, -0.2) is 17.6 Å². The number of rotatable bonds is 7. The maximum atomic E-state index is 11.9. The molecule has 0 bridgehead atoms. The van der Waals surface area contributed by atoms with Crippen LogP contribution in [-0.2, 0) is 16.8 Å². The topological polar surface area (TPSA) is 48.4 Å². The van der Waals surface area contributed by atoms with Gasteiger partial charge in [0, 0.05) is 11.6 Å². The standard InChI is InChI=1S/C24H23NO3/c1-2-27-23(26)18-6-8-19(9-7-18)24(14-15-24)20-10-12-22(13-11-20)28-17-21-5-3-4-16-25-21/h3-13,16H,2,14-15,17H2,1H3. The van der Waals surface area contributed by atoms with E-state index < -0.39 is 0 Å². The Kier molecular flexibility index (Phi) is 5.11. The summed E-state index contributed by atoms with van der Waals surface area (Å²) in [7, 11) is 0. The van der Waals surface area contributed by atoms with Gasteiger partial charge in [0.2, 0.25) is 0 Å². The summed E-state index contributed by atoms with van der Waals surface area (Å²) in [6, 6.07) is 21.9. The molecule has 4 nitrogen and oxygen atoms in total. The summed E-state index contributed by atoms with van der Waals surface area (Å²) in [5.74, 6) is 0.566. The Balaban J connectivity index is 1.45. The number of hydrogen-bond donors (Lipinski definition) is 0. The average Bonchev–Trinajstić information content (AvgIpc) is 3.56. The Morgan fingerprint density at radius 3 is 2.21 bits per heavy atom. The van der Waals surface area contributed by atoms with Crippen LogP contribution < -0.4 is 4.74 Å². The molecule has 1 aliphatic rings. The van der Waals surface area contributed by atoms with Gasteiger partial charge in [0.1, 0.15) is 12.4 Å². The molecule has 1 saturated carbocycles. The number of benzene rings is 2. The van der Waals surface area contributed by atoms with E-state index in [-0.39, 0.29) is 11.4 Å². The molecule has 1 fully saturated rings. The third kappa shape index (κ3) is 3.77. The number of pyridine rings is 1. The number of ether oxygens (including phenoxy) is 2. The molecular formula is C24H23NO3. The van der Waals surface area contributed by atoms with Gasteiger partial charge in [-0.05, 0) is 67.3 Å². The first-order valence-electron chi connectivity index (χ1n) is 9.62. The van der Waals surface area contributed by atoms with E-state index in [1.807, 2.05) is 61.5 Å². The van der Waals surface area contributed by atoms with E-state index in [0.717, 1.165) is 24.3 Å². The second-order valence-electron chi connectivity index (χ2n) is 7.01. The lowest BCUT2D eigenvalue weighted by Gasteiger charge is -2.17. The molecule has 1 aliphatic carbocycles. The molecule has 28 heavy (non-hydrogen) atoms. The fourth-order valence-electron chi connectivity index (χ4n) is 3.52. The lowest BCUT2D eigenvalue weighted by Crippen LogP contribution is -2.10. The summed E-state index contributed by atoms with van der Waals surface area (Å²) in [5, 5.41) is 0. The van der Waals surface area contributed by atoms with Crippen molar-refractivity contribution in [2.75, 3.05) is 6.61 Å². The van der Waals surface area contributed by atoms with Crippen LogP contribution >= 0.6 is 0 Å². The van der Waals surface area contributed by atoms with Gasteiger partial charge in [-0.25, -0.2) is 4.79 Å². The minimum atomic E-state index is -0.270. The predicted molar refractivity (Wildman–Crippen MR) is 107 cm³/mol. The van der Waals surface area contributed by atoms with Crippen molar-refractivity contribution in [3.63, 3.8) is 0 Å². The summed E-state index contributed by atoms with van der Waals surface area (Å²) in [4.78, 5) is 16.1.